The lowest BCUT2D eigenvalue weighted by atomic mass is 10.1. The molecule has 0 spiro atoms. The first-order chi connectivity index (χ1) is 19.8. The van der Waals surface area contributed by atoms with Crippen molar-refractivity contribution in [2.24, 2.45) is 0 Å². The van der Waals surface area contributed by atoms with E-state index >= 15 is 0 Å². The molecule has 0 saturated heterocycles. The third-order valence-electron chi connectivity index (χ3n) is 6.02. The van der Waals surface area contributed by atoms with Crippen LogP contribution in [-0.4, -0.2) is 55.9 Å². The summed E-state index contributed by atoms with van der Waals surface area (Å²) < 4.78 is 16.8. The average molecular weight is 560 g/mol. The fourth-order valence-electron chi connectivity index (χ4n) is 3.89. The van der Waals surface area contributed by atoms with Gasteiger partial charge in [0.15, 0.2) is 29.9 Å². The molecule has 10 heteroatoms. The van der Waals surface area contributed by atoms with Crippen molar-refractivity contribution >= 4 is 6.29 Å². The van der Waals surface area contributed by atoms with E-state index in [2.05, 4.69) is 21.9 Å². The molecule has 0 radical (unpaired) electrons. The lowest BCUT2D eigenvalue weighted by Crippen LogP contribution is -2.12. The molecule has 41 heavy (non-hydrogen) atoms. The van der Waals surface area contributed by atoms with Gasteiger partial charge in [-0.2, -0.15) is 0 Å². The van der Waals surface area contributed by atoms with Crippen molar-refractivity contribution < 1.29 is 34.3 Å². The van der Waals surface area contributed by atoms with Crippen LogP contribution in [0.4, 0.5) is 0 Å². The average Bonchev–Trinajstić information content (AvgIpc) is 2.96. The molecule has 0 amide bonds. The molecule has 1 heterocycles. The Morgan fingerprint density at radius 1 is 0.683 bits per heavy atom. The SMILES string of the molecule is CCCCOc1ccc(-c2nc(-c3ccc(OCCC)cc3O)nc(-c3ccc(OC(C)C=O)cc3O)n2)c(O)c1. The van der Waals surface area contributed by atoms with Crippen LogP contribution in [0, 0.1) is 0 Å². The fraction of sp³-hybridized carbons (Fsp3) is 0.290. The second-order valence-corrected chi connectivity index (χ2v) is 9.35. The number of hydrogen-bond donors (Lipinski definition) is 3. The van der Waals surface area contributed by atoms with E-state index in [1.165, 1.54) is 18.2 Å². The highest BCUT2D eigenvalue weighted by atomic mass is 16.5. The Balaban J connectivity index is 1.80. The molecule has 214 valence electrons. The maximum absolute atomic E-state index is 11.0. The van der Waals surface area contributed by atoms with E-state index in [-0.39, 0.29) is 46.0 Å². The predicted octanol–water partition coefficient (Wildman–Crippen LogP) is 5.92. The van der Waals surface area contributed by atoms with Gasteiger partial charge in [-0.3, -0.25) is 4.79 Å². The van der Waals surface area contributed by atoms with Crippen molar-refractivity contribution in [3.05, 3.63) is 54.6 Å². The van der Waals surface area contributed by atoms with Gasteiger partial charge in [0, 0.05) is 18.2 Å². The monoisotopic (exact) mass is 559 g/mol. The second kappa shape index (κ2) is 13.5. The van der Waals surface area contributed by atoms with E-state index in [1.54, 1.807) is 43.3 Å². The normalized spacial score (nSPS) is 11.6. The number of carbonyl (C=O) groups excluding carboxylic acids is 1. The summed E-state index contributed by atoms with van der Waals surface area (Å²) >= 11 is 0. The molecule has 3 aromatic carbocycles. The fourth-order valence-corrected chi connectivity index (χ4v) is 3.89. The third kappa shape index (κ3) is 7.21. The van der Waals surface area contributed by atoms with Crippen molar-refractivity contribution in [3.63, 3.8) is 0 Å². The molecule has 3 N–H and O–H groups in total. The van der Waals surface area contributed by atoms with Crippen LogP contribution in [-0.2, 0) is 4.79 Å². The van der Waals surface area contributed by atoms with Crippen molar-refractivity contribution in [2.45, 2.75) is 46.1 Å². The van der Waals surface area contributed by atoms with Gasteiger partial charge in [-0.25, -0.2) is 15.0 Å². The lowest BCUT2D eigenvalue weighted by Gasteiger charge is -2.13. The molecule has 4 rings (SSSR count). The minimum Gasteiger partial charge on any atom is -0.507 e. The predicted molar refractivity (Wildman–Crippen MR) is 153 cm³/mol. The van der Waals surface area contributed by atoms with E-state index in [0.29, 0.717) is 42.1 Å². The van der Waals surface area contributed by atoms with Crippen LogP contribution in [0.3, 0.4) is 0 Å². The minimum absolute atomic E-state index is 0.0888. The zero-order valence-electron chi connectivity index (χ0n) is 23.2. The highest BCUT2D eigenvalue weighted by Gasteiger charge is 2.19. The van der Waals surface area contributed by atoms with Crippen LogP contribution in [0.5, 0.6) is 34.5 Å². The second-order valence-electron chi connectivity index (χ2n) is 9.35. The molecule has 0 fully saturated rings. The van der Waals surface area contributed by atoms with Crippen molar-refractivity contribution in [1.29, 1.82) is 0 Å². The molecule has 1 unspecified atom stereocenters. The van der Waals surface area contributed by atoms with Gasteiger partial charge in [0.2, 0.25) is 0 Å². The van der Waals surface area contributed by atoms with Gasteiger partial charge in [-0.1, -0.05) is 20.3 Å². The van der Waals surface area contributed by atoms with E-state index in [0.717, 1.165) is 19.3 Å². The summed E-state index contributed by atoms with van der Waals surface area (Å²) in [6.45, 7) is 6.66. The quantitative estimate of drug-likeness (QED) is 0.133. The highest BCUT2D eigenvalue weighted by Crippen LogP contribution is 2.37. The first kappa shape index (κ1) is 29.1. The maximum atomic E-state index is 11.0. The Morgan fingerprint density at radius 3 is 1.54 bits per heavy atom. The van der Waals surface area contributed by atoms with Gasteiger partial charge >= 0.3 is 0 Å². The third-order valence-corrected chi connectivity index (χ3v) is 6.02. The van der Waals surface area contributed by atoms with E-state index < -0.39 is 6.10 Å². The summed E-state index contributed by atoms with van der Waals surface area (Å²) in [6, 6.07) is 14.1. The molecule has 0 bridgehead atoms. The Hall–Kier alpha value is -4.86. The van der Waals surface area contributed by atoms with Gasteiger partial charge in [-0.05, 0) is 56.2 Å². The first-order valence-electron chi connectivity index (χ1n) is 13.5. The van der Waals surface area contributed by atoms with Crippen LogP contribution in [0.25, 0.3) is 34.2 Å². The molecule has 0 saturated carbocycles. The van der Waals surface area contributed by atoms with Crippen LogP contribution in [0.1, 0.15) is 40.0 Å². The van der Waals surface area contributed by atoms with Crippen molar-refractivity contribution in [1.82, 2.24) is 15.0 Å². The van der Waals surface area contributed by atoms with Crippen molar-refractivity contribution in [3.8, 4) is 68.7 Å². The Kier molecular flexibility index (Phi) is 9.57. The number of unbranched alkanes of at least 4 members (excludes halogenated alkanes) is 1. The maximum Gasteiger partial charge on any atom is 0.167 e. The summed E-state index contributed by atoms with van der Waals surface area (Å²) in [6.07, 6.45) is 2.63. The smallest absolute Gasteiger partial charge is 0.167 e. The number of ether oxygens (including phenoxy) is 3. The van der Waals surface area contributed by atoms with E-state index in [9.17, 15) is 20.1 Å². The molecule has 0 aliphatic carbocycles. The van der Waals surface area contributed by atoms with E-state index in [1.807, 2.05) is 6.92 Å². The summed E-state index contributed by atoms with van der Waals surface area (Å²) in [7, 11) is 0. The number of rotatable bonds is 13. The summed E-state index contributed by atoms with van der Waals surface area (Å²) in [5.41, 5.74) is 0.860. The molecule has 0 aliphatic rings. The van der Waals surface area contributed by atoms with Gasteiger partial charge < -0.3 is 29.5 Å². The van der Waals surface area contributed by atoms with Gasteiger partial charge in [0.1, 0.15) is 34.5 Å². The number of aldehydes is 1. The number of aromatic hydroxyl groups is 3. The molecule has 4 aromatic rings. The zero-order valence-corrected chi connectivity index (χ0v) is 23.2. The van der Waals surface area contributed by atoms with Crippen LogP contribution < -0.4 is 14.2 Å². The number of nitrogens with zero attached hydrogens (tertiary/aromatic N) is 3. The summed E-state index contributed by atoms with van der Waals surface area (Å²) in [4.78, 5) is 24.6. The van der Waals surface area contributed by atoms with Gasteiger partial charge in [0.25, 0.3) is 0 Å². The standard InChI is InChI=1S/C31H33N3O7/c1-4-6-14-40-21-8-11-24(27(37)16-21)30-32-29(23-10-7-20(15-26(23)36)39-13-5-2)33-31(34-30)25-12-9-22(17-28(25)38)41-19(3)18-35/h7-12,15-19,36-38H,4-6,13-14H2,1-3H3. The summed E-state index contributed by atoms with van der Waals surface area (Å²) in [5, 5.41) is 32.5. The Bertz CT molecular complexity index is 1510. The van der Waals surface area contributed by atoms with Gasteiger partial charge in [-0.15, -0.1) is 0 Å². The molecular formula is C31H33N3O7. The largest absolute Gasteiger partial charge is 0.507 e. The zero-order chi connectivity index (χ0) is 29.4. The van der Waals surface area contributed by atoms with Crippen LogP contribution in [0.15, 0.2) is 54.6 Å². The molecule has 1 atom stereocenters. The number of phenols is 3. The number of phenolic OH excluding ortho intramolecular Hbond substituents is 3. The number of aromatic nitrogens is 3. The van der Waals surface area contributed by atoms with Gasteiger partial charge in [0.05, 0.1) is 29.9 Å². The molecular weight excluding hydrogens is 526 g/mol. The Morgan fingerprint density at radius 2 is 1.12 bits per heavy atom. The first-order valence-corrected chi connectivity index (χ1v) is 13.5. The molecule has 10 nitrogen and oxygen atoms in total. The lowest BCUT2D eigenvalue weighted by molar-refractivity contribution is -0.113. The number of carbonyl (C=O) groups is 1. The number of benzene rings is 3. The topological polar surface area (TPSA) is 144 Å². The highest BCUT2D eigenvalue weighted by molar-refractivity contribution is 5.74. The van der Waals surface area contributed by atoms with Crippen molar-refractivity contribution in [2.75, 3.05) is 13.2 Å². The van der Waals surface area contributed by atoms with Crippen LogP contribution >= 0.6 is 0 Å². The minimum atomic E-state index is -0.695. The van der Waals surface area contributed by atoms with Crippen LogP contribution in [0.2, 0.25) is 0 Å². The van der Waals surface area contributed by atoms with E-state index in [4.69, 9.17) is 14.2 Å². The summed E-state index contributed by atoms with van der Waals surface area (Å²) in [5.74, 6) is 1.20. The molecule has 1 aromatic heterocycles. The number of hydrogen-bond acceptors (Lipinski definition) is 10. The molecule has 0 aliphatic heterocycles. The Labute approximate surface area is 238 Å².